The van der Waals surface area contributed by atoms with Crippen LogP contribution in [-0.2, 0) is 0 Å². The van der Waals surface area contributed by atoms with Gasteiger partial charge in [0.1, 0.15) is 0 Å². The molecular formula is C16H20N4. The van der Waals surface area contributed by atoms with Gasteiger partial charge in [-0.1, -0.05) is 0 Å². The number of hydrogen-bond donors (Lipinski definition) is 2. The highest BCUT2D eigenvalue weighted by atomic mass is 15.2. The highest BCUT2D eigenvalue weighted by Crippen LogP contribution is 2.32. The van der Waals surface area contributed by atoms with Gasteiger partial charge in [0.25, 0.3) is 0 Å². The topological polar surface area (TPSA) is 54.2 Å². The third kappa shape index (κ3) is 2.10. The summed E-state index contributed by atoms with van der Waals surface area (Å²) in [5.74, 6) is 0. The molecule has 1 saturated carbocycles. The summed E-state index contributed by atoms with van der Waals surface area (Å²) in [6, 6.07) is 9.40. The van der Waals surface area contributed by atoms with Gasteiger partial charge >= 0.3 is 0 Å². The number of rotatable bonds is 3. The van der Waals surface area contributed by atoms with Crippen molar-refractivity contribution in [1.82, 2.24) is 9.88 Å². The molecule has 0 radical (unpaired) electrons. The smallest absolute Gasteiger partial charge is 0.0953 e. The summed E-state index contributed by atoms with van der Waals surface area (Å²) in [6.07, 6.45) is 5.82. The Kier molecular flexibility index (Phi) is 2.77. The van der Waals surface area contributed by atoms with Crippen LogP contribution in [-0.4, -0.2) is 35.1 Å². The van der Waals surface area contributed by atoms with Gasteiger partial charge in [-0.15, -0.1) is 0 Å². The van der Waals surface area contributed by atoms with Crippen LogP contribution in [0.1, 0.15) is 19.3 Å². The van der Waals surface area contributed by atoms with Crippen LogP contribution in [0.5, 0.6) is 0 Å². The average Bonchev–Trinajstić information content (AvgIpc) is 3.23. The largest absolute Gasteiger partial charge is 0.398 e. The fourth-order valence-electron chi connectivity index (χ4n) is 3.21. The predicted molar refractivity (Wildman–Crippen MR) is 82.8 cm³/mol. The molecule has 2 fully saturated rings. The number of aromatic nitrogens is 1. The Morgan fingerprint density at radius 3 is 2.95 bits per heavy atom. The number of anilines is 2. The second-order valence-corrected chi connectivity index (χ2v) is 5.96. The Morgan fingerprint density at radius 2 is 2.10 bits per heavy atom. The highest BCUT2D eigenvalue weighted by molar-refractivity contribution is 5.98. The van der Waals surface area contributed by atoms with Crippen LogP contribution in [0.25, 0.3) is 10.9 Å². The number of nitrogen functional groups attached to an aromatic ring is 1. The highest BCUT2D eigenvalue weighted by Gasteiger charge is 2.34. The van der Waals surface area contributed by atoms with Crippen molar-refractivity contribution in [3.8, 4) is 0 Å². The molecule has 1 unspecified atom stereocenters. The number of benzene rings is 1. The maximum atomic E-state index is 6.03. The first kappa shape index (κ1) is 12.0. The molecule has 2 aliphatic rings. The van der Waals surface area contributed by atoms with Gasteiger partial charge in [0.2, 0.25) is 0 Å². The summed E-state index contributed by atoms with van der Waals surface area (Å²) in [5, 5.41) is 4.70. The van der Waals surface area contributed by atoms with Gasteiger partial charge in [0, 0.05) is 42.4 Å². The molecule has 4 nitrogen and oxygen atoms in total. The Morgan fingerprint density at radius 1 is 1.20 bits per heavy atom. The first-order chi connectivity index (χ1) is 9.81. The molecule has 0 amide bonds. The van der Waals surface area contributed by atoms with Crippen molar-refractivity contribution in [3.63, 3.8) is 0 Å². The van der Waals surface area contributed by atoms with E-state index in [2.05, 4.69) is 21.3 Å². The van der Waals surface area contributed by atoms with E-state index in [-0.39, 0.29) is 0 Å². The molecule has 1 atom stereocenters. The monoisotopic (exact) mass is 268 g/mol. The third-order valence-corrected chi connectivity index (χ3v) is 4.45. The summed E-state index contributed by atoms with van der Waals surface area (Å²) < 4.78 is 0. The Labute approximate surface area is 119 Å². The molecule has 0 bridgehead atoms. The normalized spacial score (nSPS) is 23.3. The van der Waals surface area contributed by atoms with Gasteiger partial charge < -0.3 is 11.1 Å². The zero-order chi connectivity index (χ0) is 13.5. The minimum Gasteiger partial charge on any atom is -0.398 e. The first-order valence-electron chi connectivity index (χ1n) is 7.45. The van der Waals surface area contributed by atoms with Gasteiger partial charge in [-0.3, -0.25) is 9.88 Å². The standard InChI is InChI=1S/C16H20N4/c17-14-5-6-15(16-13(14)2-1-8-18-16)19-11-7-9-20(10-11)12-3-4-12/h1-2,5-6,8,11-12,19H,3-4,7,9-10,17H2. The molecule has 0 spiro atoms. The fourth-order valence-corrected chi connectivity index (χ4v) is 3.21. The lowest BCUT2D eigenvalue weighted by Crippen LogP contribution is -2.27. The van der Waals surface area contributed by atoms with Crippen molar-refractivity contribution < 1.29 is 0 Å². The van der Waals surface area contributed by atoms with E-state index in [1.54, 1.807) is 0 Å². The lowest BCUT2D eigenvalue weighted by atomic mass is 10.1. The molecule has 1 saturated heterocycles. The van der Waals surface area contributed by atoms with Crippen LogP contribution in [0, 0.1) is 0 Å². The second-order valence-electron chi connectivity index (χ2n) is 5.96. The molecule has 20 heavy (non-hydrogen) atoms. The third-order valence-electron chi connectivity index (χ3n) is 4.45. The molecule has 2 aromatic rings. The van der Waals surface area contributed by atoms with E-state index in [0.717, 1.165) is 34.9 Å². The molecular weight excluding hydrogens is 248 g/mol. The maximum Gasteiger partial charge on any atom is 0.0953 e. The minimum atomic E-state index is 0.532. The van der Waals surface area contributed by atoms with Crippen LogP contribution >= 0.6 is 0 Å². The van der Waals surface area contributed by atoms with Gasteiger partial charge in [0.05, 0.1) is 11.2 Å². The number of nitrogens with one attached hydrogen (secondary N) is 1. The van der Waals surface area contributed by atoms with E-state index < -0.39 is 0 Å². The molecule has 1 aromatic heterocycles. The second kappa shape index (κ2) is 4.63. The number of fused-ring (bicyclic) bond motifs is 1. The summed E-state index contributed by atoms with van der Waals surface area (Å²) in [7, 11) is 0. The van der Waals surface area contributed by atoms with E-state index >= 15 is 0 Å². The Hall–Kier alpha value is -1.81. The van der Waals surface area contributed by atoms with Gasteiger partial charge in [-0.2, -0.15) is 0 Å². The van der Waals surface area contributed by atoms with E-state index in [1.165, 1.54) is 25.8 Å². The van der Waals surface area contributed by atoms with Crippen LogP contribution in [0.2, 0.25) is 0 Å². The van der Waals surface area contributed by atoms with E-state index in [0.29, 0.717) is 6.04 Å². The predicted octanol–water partition coefficient (Wildman–Crippen LogP) is 2.47. The maximum absolute atomic E-state index is 6.03. The summed E-state index contributed by atoms with van der Waals surface area (Å²) in [5.41, 5.74) is 8.92. The summed E-state index contributed by atoms with van der Waals surface area (Å²) in [6.45, 7) is 2.38. The van der Waals surface area contributed by atoms with E-state index in [1.807, 2.05) is 24.4 Å². The minimum absolute atomic E-state index is 0.532. The van der Waals surface area contributed by atoms with Crippen molar-refractivity contribution >= 4 is 22.3 Å². The van der Waals surface area contributed by atoms with Crippen molar-refractivity contribution in [1.29, 1.82) is 0 Å². The Bertz CT molecular complexity index is 635. The lowest BCUT2D eigenvalue weighted by molar-refractivity contribution is 0.326. The quantitative estimate of drug-likeness (QED) is 0.840. The van der Waals surface area contributed by atoms with Crippen LogP contribution in [0.4, 0.5) is 11.4 Å². The van der Waals surface area contributed by atoms with Crippen molar-refractivity contribution in [3.05, 3.63) is 30.5 Å². The summed E-state index contributed by atoms with van der Waals surface area (Å²) in [4.78, 5) is 7.11. The van der Waals surface area contributed by atoms with Crippen molar-refractivity contribution in [2.24, 2.45) is 0 Å². The van der Waals surface area contributed by atoms with E-state index in [9.17, 15) is 0 Å². The average molecular weight is 268 g/mol. The Balaban J connectivity index is 1.58. The molecule has 4 rings (SSSR count). The number of nitrogens with zero attached hydrogens (tertiary/aromatic N) is 2. The van der Waals surface area contributed by atoms with Gasteiger partial charge in [-0.05, 0) is 43.5 Å². The zero-order valence-corrected chi connectivity index (χ0v) is 11.5. The first-order valence-corrected chi connectivity index (χ1v) is 7.45. The molecule has 1 aromatic carbocycles. The molecule has 2 heterocycles. The number of nitrogens with two attached hydrogens (primary N) is 1. The molecule has 4 heteroatoms. The molecule has 1 aliphatic heterocycles. The van der Waals surface area contributed by atoms with Crippen LogP contribution < -0.4 is 11.1 Å². The zero-order valence-electron chi connectivity index (χ0n) is 11.5. The fraction of sp³-hybridized carbons (Fsp3) is 0.438. The molecule has 3 N–H and O–H groups in total. The van der Waals surface area contributed by atoms with E-state index in [4.69, 9.17) is 5.73 Å². The van der Waals surface area contributed by atoms with Crippen molar-refractivity contribution in [2.45, 2.75) is 31.3 Å². The summed E-state index contributed by atoms with van der Waals surface area (Å²) >= 11 is 0. The molecule has 1 aliphatic carbocycles. The lowest BCUT2D eigenvalue weighted by Gasteiger charge is -2.18. The van der Waals surface area contributed by atoms with Crippen molar-refractivity contribution in [2.75, 3.05) is 24.1 Å². The molecule has 104 valence electrons. The SMILES string of the molecule is Nc1ccc(NC2CCN(C3CC3)C2)c2ncccc12. The van der Waals surface area contributed by atoms with Crippen LogP contribution in [0.3, 0.4) is 0 Å². The van der Waals surface area contributed by atoms with Gasteiger partial charge in [-0.25, -0.2) is 0 Å². The number of likely N-dealkylation sites (tertiary alicyclic amines) is 1. The number of pyridine rings is 1. The van der Waals surface area contributed by atoms with Crippen LogP contribution in [0.15, 0.2) is 30.5 Å². The van der Waals surface area contributed by atoms with Gasteiger partial charge in [0.15, 0.2) is 0 Å². The number of hydrogen-bond acceptors (Lipinski definition) is 4.